The van der Waals surface area contributed by atoms with Crippen LogP contribution in [0, 0.1) is 11.3 Å². The van der Waals surface area contributed by atoms with Crippen LogP contribution in [0.2, 0.25) is 0 Å². The first kappa shape index (κ1) is 12.9. The number of fused-ring (bicyclic) bond motifs is 1. The van der Waals surface area contributed by atoms with Gasteiger partial charge in [0.15, 0.2) is 0 Å². The first-order chi connectivity index (χ1) is 9.59. The van der Waals surface area contributed by atoms with E-state index < -0.39 is 5.41 Å². The zero-order valence-electron chi connectivity index (χ0n) is 11.9. The fraction of sp³-hybridized carbons (Fsp3) is 0.412. The smallest absolute Gasteiger partial charge is 0.256 e. The summed E-state index contributed by atoms with van der Waals surface area (Å²) in [5.74, 6) is 0. The van der Waals surface area contributed by atoms with Crippen molar-refractivity contribution in [2.75, 3.05) is 0 Å². The van der Waals surface area contributed by atoms with E-state index in [1.54, 1.807) is 0 Å². The average Bonchev–Trinajstić information content (AvgIpc) is 2.38. The highest BCUT2D eigenvalue weighted by Gasteiger charge is 2.41. The minimum Gasteiger partial charge on any atom is -0.305 e. The Labute approximate surface area is 118 Å². The van der Waals surface area contributed by atoms with E-state index in [9.17, 15) is 10.1 Å². The Balaban J connectivity index is 2.38. The van der Waals surface area contributed by atoms with Crippen molar-refractivity contribution in [3.8, 4) is 6.07 Å². The number of nitrogens with zero attached hydrogens (tertiary/aromatic N) is 2. The lowest BCUT2D eigenvalue weighted by Crippen LogP contribution is -2.40. The van der Waals surface area contributed by atoms with Crippen LogP contribution in [-0.4, -0.2) is 4.57 Å². The van der Waals surface area contributed by atoms with E-state index in [0.717, 1.165) is 30.2 Å². The molecule has 3 rings (SSSR count). The normalized spacial score (nSPS) is 16.9. The van der Waals surface area contributed by atoms with Crippen LogP contribution in [0.15, 0.2) is 35.1 Å². The van der Waals surface area contributed by atoms with E-state index in [1.165, 1.54) is 0 Å². The van der Waals surface area contributed by atoms with Gasteiger partial charge in [0.1, 0.15) is 0 Å². The molecule has 0 atom stereocenters. The third-order valence-electron chi connectivity index (χ3n) is 4.40. The molecule has 1 aliphatic carbocycles. The van der Waals surface area contributed by atoms with Gasteiger partial charge in [-0.3, -0.25) is 4.79 Å². The molecule has 1 aromatic carbocycles. The van der Waals surface area contributed by atoms with Crippen LogP contribution in [0.5, 0.6) is 0 Å². The van der Waals surface area contributed by atoms with Crippen molar-refractivity contribution >= 4 is 10.9 Å². The van der Waals surface area contributed by atoms with Gasteiger partial charge in [0.25, 0.3) is 5.56 Å². The van der Waals surface area contributed by atoms with Crippen LogP contribution in [0.1, 0.15) is 44.7 Å². The van der Waals surface area contributed by atoms with Gasteiger partial charge in [-0.05, 0) is 50.6 Å². The standard InChI is InChI=1S/C17H18N2O/c1-12(2)19-15-7-4-3-6-13(15)10-14(16(19)20)17(11-18)8-5-9-17/h3-4,6-7,10,12H,5,8-9H2,1-2H3. The Morgan fingerprint density at radius 2 is 2.00 bits per heavy atom. The van der Waals surface area contributed by atoms with E-state index in [0.29, 0.717) is 5.56 Å². The zero-order valence-corrected chi connectivity index (χ0v) is 11.9. The van der Waals surface area contributed by atoms with Gasteiger partial charge in [0, 0.05) is 11.6 Å². The molecule has 1 aliphatic rings. The molecule has 0 spiro atoms. The molecule has 20 heavy (non-hydrogen) atoms. The summed E-state index contributed by atoms with van der Waals surface area (Å²) >= 11 is 0. The monoisotopic (exact) mass is 266 g/mol. The molecule has 3 heteroatoms. The van der Waals surface area contributed by atoms with Gasteiger partial charge in [-0.15, -0.1) is 0 Å². The predicted molar refractivity (Wildman–Crippen MR) is 79.7 cm³/mol. The SMILES string of the molecule is CC(C)n1c(=O)c(C2(C#N)CCC2)cc2ccccc21. The van der Waals surface area contributed by atoms with E-state index >= 15 is 0 Å². The van der Waals surface area contributed by atoms with Gasteiger partial charge in [0.2, 0.25) is 0 Å². The first-order valence-corrected chi connectivity index (χ1v) is 7.15. The second kappa shape index (κ2) is 4.49. The largest absolute Gasteiger partial charge is 0.305 e. The van der Waals surface area contributed by atoms with Gasteiger partial charge in [-0.2, -0.15) is 5.26 Å². The lowest BCUT2D eigenvalue weighted by atomic mass is 9.65. The Hall–Kier alpha value is -2.08. The minimum absolute atomic E-state index is 0.0000463. The van der Waals surface area contributed by atoms with E-state index in [2.05, 4.69) is 6.07 Å². The number of rotatable bonds is 2. The molecular formula is C17H18N2O. The molecule has 1 aromatic heterocycles. The Bertz CT molecular complexity index is 761. The maximum Gasteiger partial charge on any atom is 0.256 e. The fourth-order valence-corrected chi connectivity index (χ4v) is 3.11. The molecule has 0 unspecified atom stereocenters. The summed E-state index contributed by atoms with van der Waals surface area (Å²) in [6, 6.07) is 12.3. The summed E-state index contributed by atoms with van der Waals surface area (Å²) in [5, 5.41) is 10.6. The fourth-order valence-electron chi connectivity index (χ4n) is 3.11. The maximum absolute atomic E-state index is 12.8. The minimum atomic E-state index is -0.558. The second-order valence-corrected chi connectivity index (χ2v) is 5.93. The van der Waals surface area contributed by atoms with Crippen molar-refractivity contribution in [3.05, 3.63) is 46.2 Å². The quantitative estimate of drug-likeness (QED) is 0.834. The molecule has 0 saturated heterocycles. The van der Waals surface area contributed by atoms with Gasteiger partial charge in [-0.1, -0.05) is 18.2 Å². The van der Waals surface area contributed by atoms with Crippen LogP contribution in [0.4, 0.5) is 0 Å². The number of hydrogen-bond acceptors (Lipinski definition) is 2. The molecule has 0 aliphatic heterocycles. The Kier molecular flexibility index (Phi) is 2.90. The van der Waals surface area contributed by atoms with Gasteiger partial charge in [-0.25, -0.2) is 0 Å². The molecule has 102 valence electrons. The molecule has 2 aromatic rings. The van der Waals surface area contributed by atoms with Crippen LogP contribution in [-0.2, 0) is 5.41 Å². The van der Waals surface area contributed by atoms with Crippen molar-refractivity contribution < 1.29 is 0 Å². The topological polar surface area (TPSA) is 45.8 Å². The number of nitriles is 1. The maximum atomic E-state index is 12.8. The highest BCUT2D eigenvalue weighted by atomic mass is 16.1. The summed E-state index contributed by atoms with van der Waals surface area (Å²) in [7, 11) is 0. The molecule has 0 N–H and O–H groups in total. The molecular weight excluding hydrogens is 248 g/mol. The van der Waals surface area contributed by atoms with E-state index in [1.807, 2.05) is 48.7 Å². The summed E-state index contributed by atoms with van der Waals surface area (Å²) in [6.45, 7) is 4.02. The van der Waals surface area contributed by atoms with Crippen molar-refractivity contribution in [3.63, 3.8) is 0 Å². The second-order valence-electron chi connectivity index (χ2n) is 5.93. The molecule has 0 bridgehead atoms. The van der Waals surface area contributed by atoms with Crippen LogP contribution < -0.4 is 5.56 Å². The Morgan fingerprint density at radius 3 is 2.55 bits per heavy atom. The lowest BCUT2D eigenvalue weighted by Gasteiger charge is -2.35. The van der Waals surface area contributed by atoms with Gasteiger partial charge >= 0.3 is 0 Å². The zero-order chi connectivity index (χ0) is 14.3. The van der Waals surface area contributed by atoms with Crippen molar-refractivity contribution in [1.29, 1.82) is 5.26 Å². The highest BCUT2D eigenvalue weighted by molar-refractivity contribution is 5.80. The average molecular weight is 266 g/mol. The molecule has 1 saturated carbocycles. The van der Waals surface area contributed by atoms with Crippen LogP contribution in [0.3, 0.4) is 0 Å². The summed E-state index contributed by atoms with van der Waals surface area (Å²) in [5.41, 5.74) is 1.07. The predicted octanol–water partition coefficient (Wildman–Crippen LogP) is 3.53. The van der Waals surface area contributed by atoms with E-state index in [-0.39, 0.29) is 11.6 Å². The molecule has 1 heterocycles. The van der Waals surface area contributed by atoms with Crippen molar-refractivity contribution in [2.24, 2.45) is 0 Å². The Morgan fingerprint density at radius 1 is 1.30 bits per heavy atom. The number of pyridine rings is 1. The summed E-state index contributed by atoms with van der Waals surface area (Å²) < 4.78 is 1.82. The molecule has 0 amide bonds. The molecule has 1 fully saturated rings. The lowest BCUT2D eigenvalue weighted by molar-refractivity contribution is 0.319. The summed E-state index contributed by atoms with van der Waals surface area (Å²) in [4.78, 5) is 12.8. The number of para-hydroxylation sites is 1. The molecule has 0 radical (unpaired) electrons. The third-order valence-corrected chi connectivity index (χ3v) is 4.40. The van der Waals surface area contributed by atoms with Crippen molar-refractivity contribution in [1.82, 2.24) is 4.57 Å². The van der Waals surface area contributed by atoms with E-state index in [4.69, 9.17) is 0 Å². The number of benzene rings is 1. The van der Waals surface area contributed by atoms with Crippen LogP contribution >= 0.6 is 0 Å². The molecule has 3 nitrogen and oxygen atoms in total. The highest BCUT2D eigenvalue weighted by Crippen LogP contribution is 2.42. The van der Waals surface area contributed by atoms with Gasteiger partial charge < -0.3 is 4.57 Å². The van der Waals surface area contributed by atoms with Crippen molar-refractivity contribution in [2.45, 2.75) is 44.6 Å². The first-order valence-electron chi connectivity index (χ1n) is 7.15. The van der Waals surface area contributed by atoms with Gasteiger partial charge in [0.05, 0.1) is 17.0 Å². The number of aromatic nitrogens is 1. The number of hydrogen-bond donors (Lipinski definition) is 0. The third kappa shape index (κ3) is 1.68. The van der Waals surface area contributed by atoms with Crippen LogP contribution in [0.25, 0.3) is 10.9 Å². The summed E-state index contributed by atoms with van der Waals surface area (Å²) in [6.07, 6.45) is 2.63.